The normalized spacial score (nSPS) is 18.1. The summed E-state index contributed by atoms with van der Waals surface area (Å²) >= 11 is 0. The standard InChI is InChI=1S/C10H18N2O4/c1-7(2)12-10(14)11-4-3-9(13)16-6-8-5-15-8/h7-8H,3-6H2,1-2H3,(H2,11,12,14). The van der Waals surface area contributed by atoms with E-state index < -0.39 is 0 Å². The molecule has 0 radical (unpaired) electrons. The van der Waals surface area contributed by atoms with Crippen molar-refractivity contribution >= 4 is 12.0 Å². The van der Waals surface area contributed by atoms with E-state index in [-0.39, 0.29) is 37.1 Å². The van der Waals surface area contributed by atoms with E-state index in [1.54, 1.807) is 0 Å². The highest BCUT2D eigenvalue weighted by molar-refractivity contribution is 5.75. The van der Waals surface area contributed by atoms with Gasteiger partial charge in [0, 0.05) is 12.6 Å². The van der Waals surface area contributed by atoms with E-state index in [0.29, 0.717) is 13.2 Å². The quantitative estimate of drug-likeness (QED) is 0.498. The first-order chi connectivity index (χ1) is 7.58. The zero-order valence-electron chi connectivity index (χ0n) is 9.62. The summed E-state index contributed by atoms with van der Waals surface area (Å²) in [6, 6.07) is -0.188. The molecule has 1 aliphatic rings. The average molecular weight is 230 g/mol. The second-order valence-electron chi connectivity index (χ2n) is 3.94. The molecule has 16 heavy (non-hydrogen) atoms. The zero-order valence-corrected chi connectivity index (χ0v) is 9.62. The number of ether oxygens (including phenoxy) is 2. The summed E-state index contributed by atoms with van der Waals surface area (Å²) in [7, 11) is 0. The number of carbonyl (C=O) groups excluding carboxylic acids is 2. The van der Waals surface area contributed by atoms with Gasteiger partial charge in [-0.05, 0) is 13.8 Å². The highest BCUT2D eigenvalue weighted by Crippen LogP contribution is 2.08. The van der Waals surface area contributed by atoms with Crippen molar-refractivity contribution in [3.8, 4) is 0 Å². The molecule has 6 heteroatoms. The number of epoxide rings is 1. The Hall–Kier alpha value is -1.30. The summed E-state index contributed by atoms with van der Waals surface area (Å²) in [4.78, 5) is 22.2. The van der Waals surface area contributed by atoms with E-state index >= 15 is 0 Å². The maximum absolute atomic E-state index is 11.1. The highest BCUT2D eigenvalue weighted by atomic mass is 16.6. The van der Waals surface area contributed by atoms with Crippen molar-refractivity contribution in [1.29, 1.82) is 0 Å². The van der Waals surface area contributed by atoms with Crippen molar-refractivity contribution < 1.29 is 19.1 Å². The number of urea groups is 1. The number of amides is 2. The van der Waals surface area contributed by atoms with Crippen molar-refractivity contribution in [2.75, 3.05) is 19.8 Å². The monoisotopic (exact) mass is 230 g/mol. The Morgan fingerprint density at radius 2 is 2.19 bits per heavy atom. The first-order valence-electron chi connectivity index (χ1n) is 5.39. The second kappa shape index (κ2) is 6.32. The third-order valence-electron chi connectivity index (χ3n) is 1.87. The van der Waals surface area contributed by atoms with Crippen molar-refractivity contribution in [2.45, 2.75) is 32.4 Å². The molecule has 2 amide bonds. The Morgan fingerprint density at radius 3 is 2.75 bits per heavy atom. The van der Waals surface area contributed by atoms with Crippen LogP contribution in [0.4, 0.5) is 4.79 Å². The lowest BCUT2D eigenvalue weighted by molar-refractivity contribution is -0.143. The summed E-state index contributed by atoms with van der Waals surface area (Å²) in [5.41, 5.74) is 0. The molecule has 1 saturated heterocycles. The van der Waals surface area contributed by atoms with Crippen molar-refractivity contribution in [2.24, 2.45) is 0 Å². The van der Waals surface area contributed by atoms with Gasteiger partial charge in [0.05, 0.1) is 13.0 Å². The number of rotatable bonds is 6. The van der Waals surface area contributed by atoms with Crippen LogP contribution < -0.4 is 10.6 Å². The molecular formula is C10H18N2O4. The minimum atomic E-state index is -0.319. The maximum Gasteiger partial charge on any atom is 0.315 e. The molecule has 1 heterocycles. The van der Waals surface area contributed by atoms with E-state index in [4.69, 9.17) is 9.47 Å². The van der Waals surface area contributed by atoms with Crippen molar-refractivity contribution in [3.63, 3.8) is 0 Å². The van der Waals surface area contributed by atoms with Crippen LogP contribution in [0.25, 0.3) is 0 Å². The summed E-state index contributed by atoms with van der Waals surface area (Å²) in [6.07, 6.45) is 0.263. The molecule has 0 bridgehead atoms. The van der Waals surface area contributed by atoms with E-state index in [0.717, 1.165) is 0 Å². The molecular weight excluding hydrogens is 212 g/mol. The van der Waals surface area contributed by atoms with Gasteiger partial charge < -0.3 is 20.1 Å². The summed E-state index contributed by atoms with van der Waals surface area (Å²) in [5.74, 6) is -0.319. The average Bonchev–Trinajstić information content (AvgIpc) is 2.96. The van der Waals surface area contributed by atoms with Crippen molar-refractivity contribution in [1.82, 2.24) is 10.6 Å². The molecule has 6 nitrogen and oxygen atoms in total. The molecule has 92 valence electrons. The van der Waals surface area contributed by atoms with Gasteiger partial charge >= 0.3 is 12.0 Å². The maximum atomic E-state index is 11.1. The predicted octanol–water partition coefficient (Wildman–Crippen LogP) is 0.0261. The summed E-state index contributed by atoms with van der Waals surface area (Å²) in [5, 5.41) is 5.22. The first-order valence-corrected chi connectivity index (χ1v) is 5.39. The minimum Gasteiger partial charge on any atom is -0.463 e. The molecule has 0 aromatic heterocycles. The smallest absolute Gasteiger partial charge is 0.315 e. The van der Waals surface area contributed by atoms with Gasteiger partial charge in [-0.25, -0.2) is 4.79 Å². The van der Waals surface area contributed by atoms with Crippen LogP contribution in [-0.4, -0.2) is 43.9 Å². The molecule has 1 unspecified atom stereocenters. The SMILES string of the molecule is CC(C)NC(=O)NCCC(=O)OCC1CO1. The van der Waals surface area contributed by atoms with Crippen LogP contribution in [-0.2, 0) is 14.3 Å². The van der Waals surface area contributed by atoms with E-state index in [9.17, 15) is 9.59 Å². The number of carbonyl (C=O) groups is 2. The fraction of sp³-hybridized carbons (Fsp3) is 0.800. The zero-order chi connectivity index (χ0) is 12.0. The summed E-state index contributed by atoms with van der Waals surface area (Å²) in [6.45, 7) is 5.00. The van der Waals surface area contributed by atoms with Gasteiger partial charge in [-0.15, -0.1) is 0 Å². The Bertz CT molecular complexity index is 251. The molecule has 1 rings (SSSR count). The molecule has 0 spiro atoms. The predicted molar refractivity (Wildman–Crippen MR) is 57.0 cm³/mol. The lowest BCUT2D eigenvalue weighted by Crippen LogP contribution is -2.40. The fourth-order valence-corrected chi connectivity index (χ4v) is 1.01. The molecule has 1 fully saturated rings. The third-order valence-corrected chi connectivity index (χ3v) is 1.87. The fourth-order valence-electron chi connectivity index (χ4n) is 1.01. The van der Waals surface area contributed by atoms with Gasteiger partial charge in [-0.2, -0.15) is 0 Å². The Balaban J connectivity index is 1.96. The van der Waals surface area contributed by atoms with Gasteiger partial charge in [-0.3, -0.25) is 4.79 Å². The van der Waals surface area contributed by atoms with E-state index in [2.05, 4.69) is 10.6 Å². The number of hydrogen-bond donors (Lipinski definition) is 2. The minimum absolute atomic E-state index is 0.0824. The highest BCUT2D eigenvalue weighted by Gasteiger charge is 2.23. The van der Waals surface area contributed by atoms with Crippen LogP contribution in [0.3, 0.4) is 0 Å². The van der Waals surface area contributed by atoms with Gasteiger partial charge in [0.1, 0.15) is 12.7 Å². The van der Waals surface area contributed by atoms with Gasteiger partial charge in [0.2, 0.25) is 0 Å². The molecule has 1 atom stereocenters. The molecule has 0 aromatic rings. The van der Waals surface area contributed by atoms with E-state index in [1.165, 1.54) is 0 Å². The number of nitrogens with one attached hydrogen (secondary N) is 2. The molecule has 2 N–H and O–H groups in total. The first kappa shape index (κ1) is 12.8. The van der Waals surface area contributed by atoms with Gasteiger partial charge in [-0.1, -0.05) is 0 Å². The van der Waals surface area contributed by atoms with Crippen molar-refractivity contribution in [3.05, 3.63) is 0 Å². The van der Waals surface area contributed by atoms with Crippen LogP contribution in [0.1, 0.15) is 20.3 Å². The largest absolute Gasteiger partial charge is 0.463 e. The number of hydrogen-bond acceptors (Lipinski definition) is 4. The molecule has 0 saturated carbocycles. The van der Waals surface area contributed by atoms with Crippen LogP contribution in [0.15, 0.2) is 0 Å². The third kappa shape index (κ3) is 6.23. The topological polar surface area (TPSA) is 80.0 Å². The van der Waals surface area contributed by atoms with Crippen LogP contribution in [0.5, 0.6) is 0 Å². The Labute approximate surface area is 94.7 Å². The van der Waals surface area contributed by atoms with E-state index in [1.807, 2.05) is 13.8 Å². The lowest BCUT2D eigenvalue weighted by atomic mass is 10.4. The number of esters is 1. The molecule has 1 aliphatic heterocycles. The second-order valence-corrected chi connectivity index (χ2v) is 3.94. The lowest BCUT2D eigenvalue weighted by Gasteiger charge is -2.09. The Kier molecular flexibility index (Phi) is 5.04. The molecule has 0 aromatic carbocycles. The van der Waals surface area contributed by atoms with Gasteiger partial charge in [0.25, 0.3) is 0 Å². The Morgan fingerprint density at radius 1 is 1.50 bits per heavy atom. The van der Waals surface area contributed by atoms with Crippen LogP contribution >= 0.6 is 0 Å². The molecule has 0 aliphatic carbocycles. The van der Waals surface area contributed by atoms with Crippen LogP contribution in [0.2, 0.25) is 0 Å². The van der Waals surface area contributed by atoms with Gasteiger partial charge in [0.15, 0.2) is 0 Å². The summed E-state index contributed by atoms with van der Waals surface area (Å²) < 4.78 is 9.78. The van der Waals surface area contributed by atoms with Crippen LogP contribution in [0, 0.1) is 0 Å².